The Balaban J connectivity index is 2.36. The van der Waals surface area contributed by atoms with Gasteiger partial charge in [-0.2, -0.15) is 0 Å². The average molecular weight is 325 g/mol. The largest absolute Gasteiger partial charge is 0.384 e. The summed E-state index contributed by atoms with van der Waals surface area (Å²) in [6.07, 6.45) is 3.16. The Morgan fingerprint density at radius 3 is 2.75 bits per heavy atom. The van der Waals surface area contributed by atoms with Gasteiger partial charge in [-0.3, -0.25) is 4.79 Å². The first-order valence-corrected chi connectivity index (χ1v) is 7.59. The molecule has 3 heterocycles. The number of aliphatic hydroxyl groups is 1. The van der Waals surface area contributed by atoms with Crippen molar-refractivity contribution in [3.05, 3.63) is 58.9 Å². The number of aromatic nitrogens is 5. The first kappa shape index (κ1) is 16.1. The molecule has 3 rings (SSSR count). The second kappa shape index (κ2) is 5.68. The van der Waals surface area contributed by atoms with Crippen molar-refractivity contribution in [3.8, 4) is 5.82 Å². The highest BCUT2D eigenvalue weighted by Crippen LogP contribution is 2.20. The monoisotopic (exact) mass is 325 g/mol. The van der Waals surface area contributed by atoms with E-state index in [9.17, 15) is 9.90 Å². The van der Waals surface area contributed by atoms with Gasteiger partial charge in [-0.05, 0) is 32.9 Å². The Bertz CT molecular complexity index is 979. The average Bonchev–Trinajstić information content (AvgIpc) is 2.79. The van der Waals surface area contributed by atoms with Crippen LogP contribution in [0.4, 0.5) is 0 Å². The quantitative estimate of drug-likeness (QED) is 0.738. The van der Waals surface area contributed by atoms with Gasteiger partial charge in [0, 0.05) is 6.20 Å². The summed E-state index contributed by atoms with van der Waals surface area (Å²) < 4.78 is 3.14. The van der Waals surface area contributed by atoms with Gasteiger partial charge in [0.2, 0.25) is 0 Å². The molecule has 0 aromatic carbocycles. The van der Waals surface area contributed by atoms with E-state index in [4.69, 9.17) is 0 Å². The van der Waals surface area contributed by atoms with E-state index in [0.29, 0.717) is 34.9 Å². The normalized spacial score (nSPS) is 11.8. The summed E-state index contributed by atoms with van der Waals surface area (Å²) in [5.74, 6) is 1.06. The SMILES string of the molecule is C=CCn1c(=O)c2cnc(C)nc2n1-c1cccc(C(C)(C)O)n1. The van der Waals surface area contributed by atoms with E-state index in [1.54, 1.807) is 49.7 Å². The molecular weight excluding hydrogens is 306 g/mol. The number of hydrogen-bond acceptors (Lipinski definition) is 5. The summed E-state index contributed by atoms with van der Waals surface area (Å²) in [4.78, 5) is 25.7. The van der Waals surface area contributed by atoms with Gasteiger partial charge >= 0.3 is 0 Å². The van der Waals surface area contributed by atoms with Crippen molar-refractivity contribution in [3.63, 3.8) is 0 Å². The van der Waals surface area contributed by atoms with Crippen molar-refractivity contribution >= 4 is 11.0 Å². The number of hydrogen-bond donors (Lipinski definition) is 1. The molecule has 124 valence electrons. The summed E-state index contributed by atoms with van der Waals surface area (Å²) in [5.41, 5.74) is -0.312. The summed E-state index contributed by atoms with van der Waals surface area (Å²) in [6.45, 7) is 9.10. The van der Waals surface area contributed by atoms with Crippen LogP contribution in [-0.4, -0.2) is 29.4 Å². The molecular formula is C17H19N5O2. The van der Waals surface area contributed by atoms with Gasteiger partial charge in [-0.15, -0.1) is 6.58 Å². The summed E-state index contributed by atoms with van der Waals surface area (Å²) >= 11 is 0. The number of nitrogens with zero attached hydrogens (tertiary/aromatic N) is 5. The topological polar surface area (TPSA) is 85.8 Å². The Morgan fingerprint density at radius 2 is 2.08 bits per heavy atom. The zero-order valence-electron chi connectivity index (χ0n) is 13.9. The van der Waals surface area contributed by atoms with Gasteiger partial charge in [0.05, 0.1) is 12.2 Å². The zero-order chi connectivity index (χ0) is 17.5. The lowest BCUT2D eigenvalue weighted by Crippen LogP contribution is -2.23. The first-order valence-electron chi connectivity index (χ1n) is 7.59. The lowest BCUT2D eigenvalue weighted by molar-refractivity contribution is 0.0738. The maximum absolute atomic E-state index is 12.6. The minimum atomic E-state index is -1.09. The Labute approximate surface area is 138 Å². The van der Waals surface area contributed by atoms with Crippen LogP contribution in [0.25, 0.3) is 16.9 Å². The highest BCUT2D eigenvalue weighted by atomic mass is 16.3. The molecule has 0 aliphatic carbocycles. The lowest BCUT2D eigenvalue weighted by Gasteiger charge is -2.18. The molecule has 7 heteroatoms. The maximum Gasteiger partial charge on any atom is 0.278 e. The van der Waals surface area contributed by atoms with E-state index < -0.39 is 5.60 Å². The molecule has 0 bridgehead atoms. The fourth-order valence-electron chi connectivity index (χ4n) is 2.52. The van der Waals surface area contributed by atoms with Crippen LogP contribution in [-0.2, 0) is 12.1 Å². The van der Waals surface area contributed by atoms with E-state index in [1.807, 2.05) is 0 Å². The van der Waals surface area contributed by atoms with Gasteiger partial charge in [-0.25, -0.2) is 24.3 Å². The molecule has 0 aliphatic rings. The number of allylic oxidation sites excluding steroid dienone is 1. The molecule has 3 aromatic rings. The Hall–Kier alpha value is -2.80. The number of fused-ring (bicyclic) bond motifs is 1. The minimum absolute atomic E-state index is 0.208. The smallest absolute Gasteiger partial charge is 0.278 e. The summed E-state index contributed by atoms with van der Waals surface area (Å²) in [7, 11) is 0. The minimum Gasteiger partial charge on any atom is -0.384 e. The molecule has 24 heavy (non-hydrogen) atoms. The molecule has 0 spiro atoms. The van der Waals surface area contributed by atoms with Gasteiger partial charge in [0.1, 0.15) is 16.8 Å². The molecule has 0 radical (unpaired) electrons. The van der Waals surface area contributed by atoms with Crippen molar-refractivity contribution in [2.45, 2.75) is 32.9 Å². The van der Waals surface area contributed by atoms with Crippen molar-refractivity contribution in [1.82, 2.24) is 24.3 Å². The number of aryl methyl sites for hydroxylation is 1. The van der Waals surface area contributed by atoms with Gasteiger partial charge in [0.15, 0.2) is 11.5 Å². The Kier molecular flexibility index (Phi) is 3.81. The molecule has 0 amide bonds. The van der Waals surface area contributed by atoms with Gasteiger partial charge < -0.3 is 5.11 Å². The first-order chi connectivity index (χ1) is 11.3. The lowest BCUT2D eigenvalue weighted by atomic mass is 10.1. The van der Waals surface area contributed by atoms with Gasteiger partial charge in [-0.1, -0.05) is 12.1 Å². The maximum atomic E-state index is 12.6. The molecule has 0 aliphatic heterocycles. The second-order valence-electron chi connectivity index (χ2n) is 6.08. The fraction of sp³-hybridized carbons (Fsp3) is 0.294. The molecule has 0 fully saturated rings. The van der Waals surface area contributed by atoms with Crippen LogP contribution in [0.15, 0.2) is 41.8 Å². The second-order valence-corrected chi connectivity index (χ2v) is 6.08. The summed E-state index contributed by atoms with van der Waals surface area (Å²) in [6, 6.07) is 5.30. The van der Waals surface area contributed by atoms with Crippen LogP contribution in [0.5, 0.6) is 0 Å². The van der Waals surface area contributed by atoms with E-state index in [1.165, 1.54) is 10.9 Å². The highest BCUT2D eigenvalue weighted by molar-refractivity contribution is 5.75. The standard InChI is InChI=1S/C17H19N5O2/c1-5-9-21-16(23)12-10-18-11(2)19-15(12)22(21)14-8-6-7-13(20-14)17(3,4)24/h5-8,10,24H,1,9H2,2-4H3. The molecule has 7 nitrogen and oxygen atoms in total. The van der Waals surface area contributed by atoms with Crippen LogP contribution in [0, 0.1) is 6.92 Å². The van der Waals surface area contributed by atoms with Crippen molar-refractivity contribution < 1.29 is 5.11 Å². The fourth-order valence-corrected chi connectivity index (χ4v) is 2.52. The van der Waals surface area contributed by atoms with Crippen molar-refractivity contribution in [1.29, 1.82) is 0 Å². The Morgan fingerprint density at radius 1 is 1.33 bits per heavy atom. The summed E-state index contributed by atoms with van der Waals surface area (Å²) in [5, 5.41) is 10.6. The van der Waals surface area contributed by atoms with E-state index in [0.717, 1.165) is 0 Å². The van der Waals surface area contributed by atoms with Crippen LogP contribution in [0.3, 0.4) is 0 Å². The van der Waals surface area contributed by atoms with E-state index >= 15 is 0 Å². The van der Waals surface area contributed by atoms with E-state index in [2.05, 4.69) is 21.5 Å². The van der Waals surface area contributed by atoms with Crippen molar-refractivity contribution in [2.75, 3.05) is 0 Å². The van der Waals surface area contributed by atoms with Crippen molar-refractivity contribution in [2.24, 2.45) is 0 Å². The molecule has 1 N–H and O–H groups in total. The molecule has 0 saturated carbocycles. The molecule has 0 unspecified atom stereocenters. The highest BCUT2D eigenvalue weighted by Gasteiger charge is 2.21. The van der Waals surface area contributed by atoms with Crippen LogP contribution in [0.2, 0.25) is 0 Å². The molecule has 0 saturated heterocycles. The molecule has 0 atom stereocenters. The van der Waals surface area contributed by atoms with Crippen LogP contribution in [0.1, 0.15) is 25.4 Å². The third-order valence-corrected chi connectivity index (χ3v) is 3.68. The van der Waals surface area contributed by atoms with Gasteiger partial charge in [0.25, 0.3) is 5.56 Å². The van der Waals surface area contributed by atoms with E-state index in [-0.39, 0.29) is 5.56 Å². The predicted octanol–water partition coefficient (Wildman–Crippen LogP) is 1.70. The van der Waals surface area contributed by atoms with Crippen LogP contribution < -0.4 is 5.56 Å². The van der Waals surface area contributed by atoms with Crippen LogP contribution >= 0.6 is 0 Å². The zero-order valence-corrected chi connectivity index (χ0v) is 13.9. The number of pyridine rings is 1. The third kappa shape index (κ3) is 2.63. The third-order valence-electron chi connectivity index (χ3n) is 3.68. The predicted molar refractivity (Wildman–Crippen MR) is 91.1 cm³/mol. The number of rotatable bonds is 4. The molecule has 3 aromatic heterocycles.